The first-order chi connectivity index (χ1) is 34.7. The molecule has 0 radical (unpaired) electrons. The summed E-state index contributed by atoms with van der Waals surface area (Å²) in [7, 11) is 0. The number of fused-ring (bicyclic) bond motifs is 7. The monoisotopic (exact) mass is 886 g/mol. The summed E-state index contributed by atoms with van der Waals surface area (Å²) in [6, 6.07) is 94.3. The Bertz CT molecular complexity index is 4490. The van der Waals surface area contributed by atoms with E-state index in [9.17, 15) is 0 Å². The van der Waals surface area contributed by atoms with Crippen LogP contribution in [0, 0.1) is 0 Å². The summed E-state index contributed by atoms with van der Waals surface area (Å²) in [5.74, 6) is 0. The van der Waals surface area contributed by atoms with Crippen molar-refractivity contribution in [3.63, 3.8) is 0 Å². The second-order valence-electron chi connectivity index (χ2n) is 18.9. The van der Waals surface area contributed by atoms with Crippen LogP contribution in [-0.2, 0) is 0 Å². The number of hydrogen-bond acceptors (Lipinski definition) is 0. The quantitative estimate of drug-likeness (QED) is 0.147. The topological polar surface area (TPSA) is 9.86 Å². The first-order valence-corrected chi connectivity index (χ1v) is 24.2. The molecule has 0 spiro atoms. The normalized spacial score (nSPS) is 12.0. The SMILES string of the molecule is c1ccc(-n2c3ccccc3c3cc(-c4ccc5cc(-c6ccc(-c7cc8ccc9cc(-c%10ccc%11c(c%10)c%10ccccc%10n%11-c%10ccccc%10)cc%10ccc(c7)c8c9%10)cc6)ccc5c4)ccc32)cc1. The molecule has 2 aromatic heterocycles. The minimum Gasteiger partial charge on any atom is -0.309 e. The third-order valence-electron chi connectivity index (χ3n) is 15.0. The van der Waals surface area contributed by atoms with Gasteiger partial charge in [0.2, 0.25) is 0 Å². The number of hydrogen-bond donors (Lipinski definition) is 0. The van der Waals surface area contributed by atoms with Crippen LogP contribution in [-0.4, -0.2) is 9.13 Å². The van der Waals surface area contributed by atoms with E-state index in [0.717, 1.165) is 0 Å². The molecule has 0 bridgehead atoms. The first kappa shape index (κ1) is 38.8. The van der Waals surface area contributed by atoms with Gasteiger partial charge < -0.3 is 9.13 Å². The van der Waals surface area contributed by atoms with E-state index in [0.29, 0.717) is 0 Å². The van der Waals surface area contributed by atoms with Crippen molar-refractivity contribution in [2.24, 2.45) is 0 Å². The van der Waals surface area contributed by atoms with E-state index in [1.807, 2.05) is 0 Å². The molecule has 13 aromatic carbocycles. The molecule has 0 fully saturated rings. The maximum atomic E-state index is 2.38. The third-order valence-corrected chi connectivity index (χ3v) is 15.0. The highest BCUT2D eigenvalue weighted by Crippen LogP contribution is 2.42. The van der Waals surface area contributed by atoms with Crippen LogP contribution in [0.4, 0.5) is 0 Å². The van der Waals surface area contributed by atoms with Gasteiger partial charge in [-0.05, 0) is 185 Å². The van der Waals surface area contributed by atoms with Crippen LogP contribution >= 0.6 is 0 Å². The summed E-state index contributed by atoms with van der Waals surface area (Å²) in [6.07, 6.45) is 0. The largest absolute Gasteiger partial charge is 0.309 e. The Hall–Kier alpha value is -9.24. The minimum atomic E-state index is 1.18. The number of rotatable bonds is 6. The van der Waals surface area contributed by atoms with Crippen molar-refractivity contribution in [1.29, 1.82) is 0 Å². The Morgan fingerprint density at radius 1 is 0.186 bits per heavy atom. The Labute approximate surface area is 404 Å². The number of benzene rings is 13. The molecule has 0 saturated heterocycles. The van der Waals surface area contributed by atoms with Crippen molar-refractivity contribution in [2.45, 2.75) is 0 Å². The highest BCUT2D eigenvalue weighted by molar-refractivity contribution is 6.25. The molecule has 0 aliphatic carbocycles. The van der Waals surface area contributed by atoms with Crippen LogP contribution in [0.25, 0.3) is 143 Å². The van der Waals surface area contributed by atoms with Crippen molar-refractivity contribution in [1.82, 2.24) is 9.13 Å². The second-order valence-corrected chi connectivity index (χ2v) is 18.9. The van der Waals surface area contributed by atoms with Gasteiger partial charge in [-0.3, -0.25) is 0 Å². The summed E-state index contributed by atoms with van der Waals surface area (Å²) in [5, 5.41) is 15.3. The lowest BCUT2D eigenvalue weighted by Crippen LogP contribution is -1.92. The molecule has 2 nitrogen and oxygen atoms in total. The van der Waals surface area contributed by atoms with Crippen molar-refractivity contribution in [3.8, 4) is 55.9 Å². The van der Waals surface area contributed by atoms with E-state index in [1.165, 1.54) is 143 Å². The molecule has 0 amide bonds. The first-order valence-electron chi connectivity index (χ1n) is 24.2. The molecule has 0 unspecified atom stereocenters. The number of aromatic nitrogens is 2. The molecule has 15 aromatic rings. The highest BCUT2D eigenvalue weighted by atomic mass is 15.0. The minimum absolute atomic E-state index is 1.18. The summed E-state index contributed by atoms with van der Waals surface area (Å²) >= 11 is 0. The Balaban J connectivity index is 0.726. The average Bonchev–Trinajstić information content (AvgIpc) is 3.94. The fourth-order valence-corrected chi connectivity index (χ4v) is 11.6. The van der Waals surface area contributed by atoms with Crippen LogP contribution in [0.1, 0.15) is 0 Å². The lowest BCUT2D eigenvalue weighted by molar-refractivity contribution is 1.18. The smallest absolute Gasteiger partial charge is 0.0541 e. The molecule has 324 valence electrons. The molecular formula is C68H42N2. The number of para-hydroxylation sites is 4. The van der Waals surface area contributed by atoms with Crippen molar-refractivity contribution in [2.75, 3.05) is 0 Å². The molecule has 0 aliphatic heterocycles. The zero-order valence-corrected chi connectivity index (χ0v) is 38.1. The molecule has 0 atom stereocenters. The summed E-state index contributed by atoms with van der Waals surface area (Å²) in [4.78, 5) is 0. The van der Waals surface area contributed by atoms with Gasteiger partial charge in [0.15, 0.2) is 0 Å². The molecule has 0 saturated carbocycles. The van der Waals surface area contributed by atoms with Crippen LogP contribution in [0.15, 0.2) is 255 Å². The summed E-state index contributed by atoms with van der Waals surface area (Å²) in [5.41, 5.74) is 17.0. The van der Waals surface area contributed by atoms with E-state index in [4.69, 9.17) is 0 Å². The van der Waals surface area contributed by atoms with Gasteiger partial charge in [-0.25, -0.2) is 0 Å². The predicted octanol–water partition coefficient (Wildman–Crippen LogP) is 18.6. The van der Waals surface area contributed by atoms with Gasteiger partial charge in [-0.15, -0.1) is 0 Å². The third kappa shape index (κ3) is 6.00. The lowest BCUT2D eigenvalue weighted by Gasteiger charge is -2.15. The van der Waals surface area contributed by atoms with Gasteiger partial charge in [0.25, 0.3) is 0 Å². The second kappa shape index (κ2) is 15.1. The molecule has 0 aliphatic rings. The van der Waals surface area contributed by atoms with E-state index < -0.39 is 0 Å². The zero-order valence-electron chi connectivity index (χ0n) is 38.1. The summed E-state index contributed by atoms with van der Waals surface area (Å²) in [6.45, 7) is 0. The van der Waals surface area contributed by atoms with E-state index >= 15 is 0 Å². The molecule has 0 N–H and O–H groups in total. The van der Waals surface area contributed by atoms with Crippen molar-refractivity contribution < 1.29 is 0 Å². The van der Waals surface area contributed by atoms with Crippen LogP contribution < -0.4 is 0 Å². The molecular weight excluding hydrogens is 845 g/mol. The summed E-state index contributed by atoms with van der Waals surface area (Å²) < 4.78 is 4.75. The van der Waals surface area contributed by atoms with Gasteiger partial charge in [0.05, 0.1) is 22.1 Å². The molecule has 70 heavy (non-hydrogen) atoms. The lowest BCUT2D eigenvalue weighted by atomic mass is 9.89. The average molecular weight is 887 g/mol. The van der Waals surface area contributed by atoms with Gasteiger partial charge in [-0.2, -0.15) is 0 Å². The molecule has 2 heterocycles. The van der Waals surface area contributed by atoms with Gasteiger partial charge in [-0.1, -0.05) is 158 Å². The molecule has 2 heteroatoms. The van der Waals surface area contributed by atoms with E-state index in [-0.39, 0.29) is 0 Å². The van der Waals surface area contributed by atoms with Gasteiger partial charge in [0, 0.05) is 32.9 Å². The van der Waals surface area contributed by atoms with Crippen LogP contribution in [0.2, 0.25) is 0 Å². The molecule has 15 rings (SSSR count). The highest BCUT2D eigenvalue weighted by Gasteiger charge is 2.17. The number of nitrogens with zero attached hydrogens (tertiary/aromatic N) is 2. The Morgan fingerprint density at radius 3 is 0.957 bits per heavy atom. The standard InChI is InChI=1S/C68H42N2/c1-3-11-57(12-4-1)69-63-17-9-7-15-59(63)61-41-49(31-33-65(61)69)48-26-25-46-35-45(23-24-47(46)36-48)43-19-21-44(22-20-43)55-37-51-27-29-53-39-56(40-54-30-28-52(38-55)67(51)68(53)54)50-32-34-66-62(42-50)60-16-8-10-18-64(60)70(66)58-13-5-2-6-14-58/h1-42H. The predicted molar refractivity (Wildman–Crippen MR) is 298 cm³/mol. The van der Waals surface area contributed by atoms with E-state index in [1.54, 1.807) is 0 Å². The van der Waals surface area contributed by atoms with E-state index in [2.05, 4.69) is 264 Å². The van der Waals surface area contributed by atoms with Crippen molar-refractivity contribution >= 4 is 86.7 Å². The maximum Gasteiger partial charge on any atom is 0.0541 e. The van der Waals surface area contributed by atoms with Crippen LogP contribution in [0.3, 0.4) is 0 Å². The Kier molecular flexibility index (Phi) is 8.39. The Morgan fingerprint density at radius 2 is 0.486 bits per heavy atom. The fourth-order valence-electron chi connectivity index (χ4n) is 11.6. The van der Waals surface area contributed by atoms with Crippen LogP contribution in [0.5, 0.6) is 0 Å². The van der Waals surface area contributed by atoms with Crippen molar-refractivity contribution in [3.05, 3.63) is 255 Å². The van der Waals surface area contributed by atoms with Gasteiger partial charge in [0.1, 0.15) is 0 Å². The zero-order chi connectivity index (χ0) is 45.9. The fraction of sp³-hybridized carbons (Fsp3) is 0. The maximum absolute atomic E-state index is 2.38. The van der Waals surface area contributed by atoms with Gasteiger partial charge >= 0.3 is 0 Å².